The van der Waals surface area contributed by atoms with Gasteiger partial charge in [-0.25, -0.2) is 0 Å². The molecule has 1 fully saturated rings. The summed E-state index contributed by atoms with van der Waals surface area (Å²) in [5, 5.41) is 3.79. The van der Waals surface area contributed by atoms with Crippen LogP contribution in [0.2, 0.25) is 0 Å². The van der Waals surface area contributed by atoms with Crippen LogP contribution in [0.5, 0.6) is 0 Å². The van der Waals surface area contributed by atoms with Crippen molar-refractivity contribution in [3.05, 3.63) is 12.7 Å². The van der Waals surface area contributed by atoms with Gasteiger partial charge in [0.05, 0.1) is 0 Å². The second-order valence-corrected chi connectivity index (χ2v) is 4.95. The molecular formula is C12H23N. The van der Waals surface area contributed by atoms with Crippen LogP contribution in [0.1, 0.15) is 52.9 Å². The second kappa shape index (κ2) is 3.83. The Balaban J connectivity index is 2.64. The molecule has 0 spiro atoms. The number of piperidine rings is 1. The molecule has 2 atom stereocenters. The minimum atomic E-state index is 0.296. The molecule has 76 valence electrons. The van der Waals surface area contributed by atoms with E-state index in [1.165, 1.54) is 25.7 Å². The number of rotatable bonds is 3. The summed E-state index contributed by atoms with van der Waals surface area (Å²) < 4.78 is 0. The molecule has 1 heteroatoms. The number of nitrogens with one attached hydrogen (secondary N) is 1. The minimum Gasteiger partial charge on any atom is -0.306 e. The number of hydrogen-bond acceptors (Lipinski definition) is 1. The van der Waals surface area contributed by atoms with E-state index in [1.807, 2.05) is 6.08 Å². The Hall–Kier alpha value is -0.300. The van der Waals surface area contributed by atoms with Gasteiger partial charge in [0, 0.05) is 11.1 Å². The zero-order valence-electron chi connectivity index (χ0n) is 9.32. The van der Waals surface area contributed by atoms with E-state index in [0.717, 1.165) is 6.42 Å². The first-order chi connectivity index (χ1) is 6.04. The summed E-state index contributed by atoms with van der Waals surface area (Å²) in [5.41, 5.74) is 0.654. The molecular weight excluding hydrogens is 158 g/mol. The lowest BCUT2D eigenvalue weighted by Crippen LogP contribution is -2.57. The highest BCUT2D eigenvalue weighted by Gasteiger charge is 2.36. The maximum atomic E-state index is 3.83. The Morgan fingerprint density at radius 3 is 2.46 bits per heavy atom. The lowest BCUT2D eigenvalue weighted by atomic mass is 9.78. The fourth-order valence-corrected chi connectivity index (χ4v) is 2.46. The molecule has 0 bridgehead atoms. The van der Waals surface area contributed by atoms with Gasteiger partial charge in [-0.2, -0.15) is 0 Å². The van der Waals surface area contributed by atoms with Crippen LogP contribution in [0.4, 0.5) is 0 Å². The van der Waals surface area contributed by atoms with Crippen LogP contribution in [0, 0.1) is 0 Å². The Morgan fingerprint density at radius 1 is 1.31 bits per heavy atom. The summed E-state index contributed by atoms with van der Waals surface area (Å²) in [6, 6.07) is 0. The van der Waals surface area contributed by atoms with Crippen molar-refractivity contribution in [2.75, 3.05) is 0 Å². The smallest absolute Gasteiger partial charge is 0.0192 e. The van der Waals surface area contributed by atoms with E-state index < -0.39 is 0 Å². The van der Waals surface area contributed by atoms with Crippen molar-refractivity contribution < 1.29 is 0 Å². The lowest BCUT2D eigenvalue weighted by molar-refractivity contribution is 0.151. The average molecular weight is 181 g/mol. The van der Waals surface area contributed by atoms with E-state index in [-0.39, 0.29) is 0 Å². The zero-order chi connectivity index (χ0) is 9.95. The average Bonchev–Trinajstić information content (AvgIpc) is 2.04. The SMILES string of the molecule is C=CCC1(C)CCCC(C)(CC)N1. The molecule has 1 N–H and O–H groups in total. The molecule has 1 aliphatic rings. The largest absolute Gasteiger partial charge is 0.306 e. The predicted molar refractivity (Wildman–Crippen MR) is 58.9 cm³/mol. The van der Waals surface area contributed by atoms with E-state index in [4.69, 9.17) is 0 Å². The minimum absolute atomic E-state index is 0.296. The maximum Gasteiger partial charge on any atom is 0.0192 e. The van der Waals surface area contributed by atoms with Gasteiger partial charge in [0.1, 0.15) is 0 Å². The van der Waals surface area contributed by atoms with Gasteiger partial charge in [0.2, 0.25) is 0 Å². The lowest BCUT2D eigenvalue weighted by Gasteiger charge is -2.46. The van der Waals surface area contributed by atoms with Gasteiger partial charge in [-0.1, -0.05) is 13.0 Å². The van der Waals surface area contributed by atoms with Crippen LogP contribution in [-0.2, 0) is 0 Å². The Morgan fingerprint density at radius 2 is 1.92 bits per heavy atom. The molecule has 0 amide bonds. The third-order valence-corrected chi connectivity index (χ3v) is 3.44. The Labute approximate surface area is 82.6 Å². The Kier molecular flexibility index (Phi) is 3.18. The van der Waals surface area contributed by atoms with Gasteiger partial charge in [-0.15, -0.1) is 6.58 Å². The normalized spacial score (nSPS) is 40.2. The topological polar surface area (TPSA) is 12.0 Å². The van der Waals surface area contributed by atoms with Gasteiger partial charge in [0.15, 0.2) is 0 Å². The molecule has 0 saturated carbocycles. The van der Waals surface area contributed by atoms with Gasteiger partial charge >= 0.3 is 0 Å². The molecule has 0 aromatic heterocycles. The van der Waals surface area contributed by atoms with Crippen LogP contribution < -0.4 is 5.32 Å². The van der Waals surface area contributed by atoms with Crippen molar-refractivity contribution in [2.24, 2.45) is 0 Å². The van der Waals surface area contributed by atoms with Gasteiger partial charge in [-0.05, 0) is 46.0 Å². The van der Waals surface area contributed by atoms with Gasteiger partial charge in [-0.3, -0.25) is 0 Å². The molecule has 1 rings (SSSR count). The highest BCUT2D eigenvalue weighted by molar-refractivity contribution is 5.00. The molecule has 0 aromatic rings. The highest BCUT2D eigenvalue weighted by atomic mass is 15.1. The standard InChI is InChI=1S/C12H23N/c1-5-8-12(4)10-7-9-11(3,6-2)13-12/h5,13H,1,6-10H2,2-4H3. The summed E-state index contributed by atoms with van der Waals surface area (Å²) >= 11 is 0. The van der Waals surface area contributed by atoms with Crippen molar-refractivity contribution in [3.63, 3.8) is 0 Å². The predicted octanol–water partition coefficient (Wildman–Crippen LogP) is 3.26. The molecule has 0 aromatic carbocycles. The van der Waals surface area contributed by atoms with E-state index in [2.05, 4.69) is 32.7 Å². The summed E-state index contributed by atoms with van der Waals surface area (Å²) in [4.78, 5) is 0. The first-order valence-corrected chi connectivity index (χ1v) is 5.44. The summed E-state index contributed by atoms with van der Waals surface area (Å²) in [6.07, 6.45) is 8.29. The van der Waals surface area contributed by atoms with Gasteiger partial charge in [0.25, 0.3) is 0 Å². The number of hydrogen-bond donors (Lipinski definition) is 1. The van der Waals surface area contributed by atoms with Crippen molar-refractivity contribution in [1.29, 1.82) is 0 Å². The van der Waals surface area contributed by atoms with Crippen LogP contribution >= 0.6 is 0 Å². The van der Waals surface area contributed by atoms with Gasteiger partial charge < -0.3 is 5.32 Å². The monoisotopic (exact) mass is 181 g/mol. The third-order valence-electron chi connectivity index (χ3n) is 3.44. The molecule has 1 saturated heterocycles. The Bertz CT molecular complexity index is 188. The van der Waals surface area contributed by atoms with Crippen LogP contribution in [0.3, 0.4) is 0 Å². The molecule has 2 unspecified atom stereocenters. The first kappa shape index (κ1) is 10.8. The zero-order valence-corrected chi connectivity index (χ0v) is 9.32. The van der Waals surface area contributed by atoms with Crippen LogP contribution in [0.25, 0.3) is 0 Å². The molecule has 0 aliphatic carbocycles. The molecule has 1 aliphatic heterocycles. The first-order valence-electron chi connectivity index (χ1n) is 5.44. The van der Waals surface area contributed by atoms with E-state index in [1.54, 1.807) is 0 Å². The highest BCUT2D eigenvalue weighted by Crippen LogP contribution is 2.32. The van der Waals surface area contributed by atoms with Crippen molar-refractivity contribution >= 4 is 0 Å². The molecule has 13 heavy (non-hydrogen) atoms. The summed E-state index contributed by atoms with van der Waals surface area (Å²) in [6.45, 7) is 10.8. The van der Waals surface area contributed by atoms with Crippen molar-refractivity contribution in [3.8, 4) is 0 Å². The fourth-order valence-electron chi connectivity index (χ4n) is 2.46. The fraction of sp³-hybridized carbons (Fsp3) is 0.833. The summed E-state index contributed by atoms with van der Waals surface area (Å²) in [5.74, 6) is 0. The quantitative estimate of drug-likeness (QED) is 0.659. The van der Waals surface area contributed by atoms with E-state index >= 15 is 0 Å². The van der Waals surface area contributed by atoms with Crippen molar-refractivity contribution in [1.82, 2.24) is 5.32 Å². The third kappa shape index (κ3) is 2.57. The maximum absolute atomic E-state index is 3.83. The summed E-state index contributed by atoms with van der Waals surface area (Å²) in [7, 11) is 0. The van der Waals surface area contributed by atoms with E-state index in [9.17, 15) is 0 Å². The van der Waals surface area contributed by atoms with Crippen LogP contribution in [-0.4, -0.2) is 11.1 Å². The van der Waals surface area contributed by atoms with Crippen molar-refractivity contribution in [2.45, 2.75) is 64.0 Å². The van der Waals surface area contributed by atoms with E-state index in [0.29, 0.717) is 11.1 Å². The molecule has 0 radical (unpaired) electrons. The van der Waals surface area contributed by atoms with Crippen LogP contribution in [0.15, 0.2) is 12.7 Å². The molecule has 1 nitrogen and oxygen atoms in total. The second-order valence-electron chi connectivity index (χ2n) is 4.95. The molecule has 1 heterocycles.